The van der Waals surface area contributed by atoms with Crippen LogP contribution in [0, 0.1) is 12.3 Å². The van der Waals surface area contributed by atoms with Gasteiger partial charge in [0.1, 0.15) is 5.84 Å². The van der Waals surface area contributed by atoms with Gasteiger partial charge in [-0.3, -0.25) is 16.7 Å². The molecule has 6 N–H and O–H groups in total. The molecule has 0 heterocycles. The molecule has 0 aliphatic heterocycles. The number of rotatable bonds is 1. The van der Waals surface area contributed by atoms with E-state index in [4.69, 9.17) is 11.1 Å². The highest BCUT2D eigenvalue weighted by atomic mass is 15.2. The molecule has 1 aromatic rings. The summed E-state index contributed by atoms with van der Waals surface area (Å²) in [4.78, 5) is 0. The van der Waals surface area contributed by atoms with E-state index in [-0.39, 0.29) is 5.84 Å². The summed E-state index contributed by atoms with van der Waals surface area (Å²) in [6.45, 7) is 1.98. The van der Waals surface area contributed by atoms with Crippen molar-refractivity contribution in [3.63, 3.8) is 0 Å². The Hall–Kier alpha value is -1.39. The standard InChI is InChI=1S/C8H10N2.CH6N2/c1-6-3-2-4-7(5-6)8(9)10;1-3-2/h2-5H,1H3,(H3,9,10);3H,2H2,1H3. The van der Waals surface area contributed by atoms with Gasteiger partial charge in [0, 0.05) is 5.56 Å². The van der Waals surface area contributed by atoms with E-state index < -0.39 is 0 Å². The number of hydrazine groups is 1. The summed E-state index contributed by atoms with van der Waals surface area (Å²) in [5.41, 5.74) is 9.44. The quantitative estimate of drug-likeness (QED) is 0.218. The Morgan fingerprint density at radius 3 is 2.31 bits per heavy atom. The molecular weight excluding hydrogens is 164 g/mol. The third-order valence-electron chi connectivity index (χ3n) is 1.33. The number of hydrogen-bond donors (Lipinski definition) is 4. The molecule has 0 atom stereocenters. The van der Waals surface area contributed by atoms with Crippen molar-refractivity contribution in [1.29, 1.82) is 5.41 Å². The second kappa shape index (κ2) is 6.16. The zero-order chi connectivity index (χ0) is 10.3. The number of benzene rings is 1. The van der Waals surface area contributed by atoms with E-state index in [1.165, 1.54) is 0 Å². The minimum Gasteiger partial charge on any atom is -0.384 e. The van der Waals surface area contributed by atoms with Crippen LogP contribution in [0.15, 0.2) is 24.3 Å². The van der Waals surface area contributed by atoms with Crippen LogP contribution in [0.25, 0.3) is 0 Å². The molecule has 0 amide bonds. The number of nitrogens with two attached hydrogens (primary N) is 2. The summed E-state index contributed by atoms with van der Waals surface area (Å²) >= 11 is 0. The summed E-state index contributed by atoms with van der Waals surface area (Å²) in [6.07, 6.45) is 0. The summed E-state index contributed by atoms with van der Waals surface area (Å²) in [7, 11) is 1.65. The Labute approximate surface area is 78.4 Å². The lowest BCUT2D eigenvalue weighted by Crippen LogP contribution is -2.13. The molecule has 0 saturated heterocycles. The van der Waals surface area contributed by atoms with Crippen LogP contribution in [0.2, 0.25) is 0 Å². The maximum absolute atomic E-state index is 7.11. The number of aryl methyl sites for hydroxylation is 1. The lowest BCUT2D eigenvalue weighted by molar-refractivity contribution is 0.900. The Morgan fingerprint density at radius 1 is 1.46 bits per heavy atom. The minimum atomic E-state index is 0.128. The minimum absolute atomic E-state index is 0.128. The van der Waals surface area contributed by atoms with Crippen molar-refractivity contribution in [3.05, 3.63) is 35.4 Å². The van der Waals surface area contributed by atoms with Gasteiger partial charge in [-0.25, -0.2) is 0 Å². The normalized spacial score (nSPS) is 8.54. The van der Waals surface area contributed by atoms with E-state index in [0.717, 1.165) is 11.1 Å². The van der Waals surface area contributed by atoms with E-state index in [9.17, 15) is 0 Å². The summed E-state index contributed by atoms with van der Waals surface area (Å²) < 4.78 is 0. The van der Waals surface area contributed by atoms with Gasteiger partial charge < -0.3 is 5.73 Å². The van der Waals surface area contributed by atoms with Gasteiger partial charge in [0.15, 0.2) is 0 Å². The van der Waals surface area contributed by atoms with Gasteiger partial charge >= 0.3 is 0 Å². The van der Waals surface area contributed by atoms with E-state index in [1.54, 1.807) is 7.05 Å². The monoisotopic (exact) mass is 180 g/mol. The first-order chi connectivity index (χ1) is 6.11. The Morgan fingerprint density at radius 2 is 2.00 bits per heavy atom. The SMILES string of the molecule is CNN.Cc1cccc(C(=N)N)c1. The molecule has 0 bridgehead atoms. The van der Waals surface area contributed by atoms with Crippen LogP contribution in [0.5, 0.6) is 0 Å². The van der Waals surface area contributed by atoms with Crippen molar-refractivity contribution >= 4 is 5.84 Å². The van der Waals surface area contributed by atoms with Crippen molar-refractivity contribution in [3.8, 4) is 0 Å². The van der Waals surface area contributed by atoms with Crippen LogP contribution in [-0.2, 0) is 0 Å². The highest BCUT2D eigenvalue weighted by Crippen LogP contribution is 2.01. The van der Waals surface area contributed by atoms with Gasteiger partial charge in [-0.05, 0) is 20.0 Å². The molecule has 0 radical (unpaired) electrons. The highest BCUT2D eigenvalue weighted by molar-refractivity contribution is 5.94. The van der Waals surface area contributed by atoms with Crippen molar-refractivity contribution in [1.82, 2.24) is 5.43 Å². The van der Waals surface area contributed by atoms with Crippen molar-refractivity contribution in [2.24, 2.45) is 11.6 Å². The maximum atomic E-state index is 7.11. The zero-order valence-corrected chi connectivity index (χ0v) is 7.96. The molecule has 0 aliphatic carbocycles. The molecule has 4 nitrogen and oxygen atoms in total. The van der Waals surface area contributed by atoms with Crippen molar-refractivity contribution in [2.45, 2.75) is 6.92 Å². The van der Waals surface area contributed by atoms with Crippen LogP contribution < -0.4 is 17.0 Å². The van der Waals surface area contributed by atoms with Crippen LogP contribution in [0.4, 0.5) is 0 Å². The van der Waals surface area contributed by atoms with Gasteiger partial charge in [0.2, 0.25) is 0 Å². The van der Waals surface area contributed by atoms with Crippen LogP contribution in [0.1, 0.15) is 11.1 Å². The van der Waals surface area contributed by atoms with Gasteiger partial charge in [-0.1, -0.05) is 23.8 Å². The van der Waals surface area contributed by atoms with Crippen molar-refractivity contribution < 1.29 is 0 Å². The molecule has 72 valence electrons. The first-order valence-corrected chi connectivity index (χ1v) is 3.90. The predicted octanol–water partition coefficient (Wildman–Crippen LogP) is 0.359. The van der Waals surface area contributed by atoms with Crippen LogP contribution >= 0.6 is 0 Å². The average molecular weight is 180 g/mol. The second-order valence-corrected chi connectivity index (χ2v) is 2.57. The summed E-state index contributed by atoms with van der Waals surface area (Å²) in [6, 6.07) is 7.59. The predicted molar refractivity (Wildman–Crippen MR) is 55.4 cm³/mol. The third kappa shape index (κ3) is 4.95. The maximum Gasteiger partial charge on any atom is 0.122 e. The van der Waals surface area contributed by atoms with E-state index in [1.807, 2.05) is 31.2 Å². The van der Waals surface area contributed by atoms with Gasteiger partial charge in [0.05, 0.1) is 0 Å². The molecule has 1 rings (SSSR count). The first kappa shape index (κ1) is 11.6. The second-order valence-electron chi connectivity index (χ2n) is 2.57. The molecule has 1 aromatic carbocycles. The molecule has 0 unspecified atom stereocenters. The number of hydrogen-bond acceptors (Lipinski definition) is 3. The van der Waals surface area contributed by atoms with Crippen molar-refractivity contribution in [2.75, 3.05) is 7.05 Å². The highest BCUT2D eigenvalue weighted by Gasteiger charge is 1.93. The topological polar surface area (TPSA) is 87.9 Å². The lowest BCUT2D eigenvalue weighted by atomic mass is 10.1. The molecule has 0 aliphatic rings. The number of nitrogens with one attached hydrogen (secondary N) is 2. The Bertz CT molecular complexity index is 270. The third-order valence-corrected chi connectivity index (χ3v) is 1.33. The average Bonchev–Trinajstić information content (AvgIpc) is 2.05. The fourth-order valence-corrected chi connectivity index (χ4v) is 0.813. The van der Waals surface area contributed by atoms with Crippen LogP contribution in [0.3, 0.4) is 0 Å². The molecular formula is C9H16N4. The molecule has 4 heteroatoms. The molecule has 13 heavy (non-hydrogen) atoms. The fourth-order valence-electron chi connectivity index (χ4n) is 0.813. The Kier molecular flexibility index (Phi) is 5.50. The van der Waals surface area contributed by atoms with Crippen LogP contribution in [-0.4, -0.2) is 12.9 Å². The van der Waals surface area contributed by atoms with Gasteiger partial charge in [-0.2, -0.15) is 0 Å². The van der Waals surface area contributed by atoms with E-state index >= 15 is 0 Å². The zero-order valence-electron chi connectivity index (χ0n) is 7.96. The molecule has 0 aromatic heterocycles. The number of nitrogen functional groups attached to an aromatic ring is 1. The molecule has 0 spiro atoms. The van der Waals surface area contributed by atoms with Gasteiger partial charge in [0.25, 0.3) is 0 Å². The Balaban J connectivity index is 0.000000424. The summed E-state index contributed by atoms with van der Waals surface area (Å²) in [5.74, 6) is 4.73. The van der Waals surface area contributed by atoms with E-state index in [2.05, 4.69) is 11.3 Å². The first-order valence-electron chi connectivity index (χ1n) is 3.90. The molecule has 0 fully saturated rings. The smallest absolute Gasteiger partial charge is 0.122 e. The van der Waals surface area contributed by atoms with E-state index in [0.29, 0.717) is 0 Å². The molecule has 0 saturated carbocycles. The fraction of sp³-hybridized carbons (Fsp3) is 0.222. The lowest BCUT2D eigenvalue weighted by Gasteiger charge is -1.97. The van der Waals surface area contributed by atoms with Gasteiger partial charge in [-0.15, -0.1) is 0 Å². The summed E-state index contributed by atoms with van der Waals surface area (Å²) in [5, 5.41) is 7.11. The largest absolute Gasteiger partial charge is 0.384 e. The number of amidine groups is 1.